The number of ether oxygens (including phenoxy) is 1. The van der Waals surface area contributed by atoms with Crippen LogP contribution in [0.2, 0.25) is 0 Å². The predicted octanol–water partition coefficient (Wildman–Crippen LogP) is 2.89. The molecule has 3 saturated carbocycles. The quantitative estimate of drug-likeness (QED) is 0.750. The number of alkyl halides is 1. The Bertz CT molecular complexity index is 677. The molecule has 1 unspecified atom stereocenters. The molecule has 0 N–H and O–H groups in total. The van der Waals surface area contributed by atoms with Gasteiger partial charge in [0.2, 0.25) is 5.91 Å². The smallest absolute Gasteiger partial charge is 0.226 e. The van der Waals surface area contributed by atoms with E-state index in [4.69, 9.17) is 9.84 Å². The van der Waals surface area contributed by atoms with Gasteiger partial charge in [-0.15, -0.1) is 0 Å². The van der Waals surface area contributed by atoms with E-state index in [2.05, 4.69) is 10.9 Å². The summed E-state index contributed by atoms with van der Waals surface area (Å²) in [7, 11) is 0. The van der Waals surface area contributed by atoms with Crippen molar-refractivity contribution >= 4 is 5.91 Å². The van der Waals surface area contributed by atoms with Crippen LogP contribution < -0.4 is 0 Å². The van der Waals surface area contributed by atoms with Gasteiger partial charge in [-0.2, -0.15) is 5.10 Å². The lowest BCUT2D eigenvalue weighted by Gasteiger charge is -2.37. The maximum Gasteiger partial charge on any atom is 0.226 e. The fourth-order valence-electron chi connectivity index (χ4n) is 4.19. The molecule has 0 spiro atoms. The number of nitrogens with zero attached hydrogens (tertiary/aromatic N) is 3. The van der Waals surface area contributed by atoms with Crippen molar-refractivity contribution in [3.8, 4) is 0 Å². The highest BCUT2D eigenvalue weighted by molar-refractivity contribution is 5.80. The second-order valence-electron chi connectivity index (χ2n) is 8.87. The molecule has 26 heavy (non-hydrogen) atoms. The van der Waals surface area contributed by atoms with Crippen LogP contribution >= 0.6 is 0 Å². The van der Waals surface area contributed by atoms with Gasteiger partial charge in [-0.05, 0) is 50.4 Å². The van der Waals surface area contributed by atoms with E-state index < -0.39 is 6.17 Å². The molecule has 1 aromatic rings. The van der Waals surface area contributed by atoms with Crippen molar-refractivity contribution in [2.24, 2.45) is 17.8 Å². The number of amides is 1. The summed E-state index contributed by atoms with van der Waals surface area (Å²) >= 11 is 0. The molecule has 1 amide bonds. The second kappa shape index (κ2) is 6.63. The average Bonchev–Trinajstić information content (AvgIpc) is 3.51. The summed E-state index contributed by atoms with van der Waals surface area (Å²) in [6.45, 7) is 3.72. The van der Waals surface area contributed by atoms with E-state index in [-0.39, 0.29) is 17.7 Å². The van der Waals surface area contributed by atoms with Crippen LogP contribution in [0.25, 0.3) is 0 Å². The van der Waals surface area contributed by atoms with Crippen molar-refractivity contribution in [2.45, 2.75) is 63.7 Å². The SMILES string of the molecule is O=C(C1CC(F)C1)N1Cc2cn(CC3CC3)nc2C(COCC2CC2)C1. The first-order valence-corrected chi connectivity index (χ1v) is 10.2. The van der Waals surface area contributed by atoms with Crippen LogP contribution in [0.3, 0.4) is 0 Å². The molecule has 142 valence electrons. The third kappa shape index (κ3) is 3.53. The van der Waals surface area contributed by atoms with E-state index >= 15 is 0 Å². The number of hydrogen-bond acceptors (Lipinski definition) is 3. The highest BCUT2D eigenvalue weighted by Gasteiger charge is 2.40. The molecule has 0 bridgehead atoms. The Morgan fingerprint density at radius 3 is 2.65 bits per heavy atom. The Labute approximate surface area is 153 Å². The van der Waals surface area contributed by atoms with Crippen molar-refractivity contribution < 1.29 is 13.9 Å². The fraction of sp³-hybridized carbons (Fsp3) is 0.800. The minimum absolute atomic E-state index is 0.117. The third-order valence-corrected chi connectivity index (χ3v) is 6.31. The van der Waals surface area contributed by atoms with Crippen LogP contribution in [0.15, 0.2) is 6.20 Å². The van der Waals surface area contributed by atoms with Gasteiger partial charge in [0.1, 0.15) is 6.17 Å². The molecule has 1 aliphatic heterocycles. The van der Waals surface area contributed by atoms with Crippen LogP contribution in [0.4, 0.5) is 4.39 Å². The van der Waals surface area contributed by atoms with E-state index in [9.17, 15) is 9.18 Å². The number of rotatable bonds is 7. The van der Waals surface area contributed by atoms with Gasteiger partial charge < -0.3 is 9.64 Å². The van der Waals surface area contributed by atoms with Crippen LogP contribution in [-0.4, -0.2) is 46.5 Å². The van der Waals surface area contributed by atoms with Crippen LogP contribution in [0, 0.1) is 17.8 Å². The number of carbonyl (C=O) groups is 1. The maximum absolute atomic E-state index is 13.2. The molecule has 5 rings (SSSR count). The largest absolute Gasteiger partial charge is 0.380 e. The summed E-state index contributed by atoms with van der Waals surface area (Å²) in [6.07, 6.45) is 7.29. The lowest BCUT2D eigenvalue weighted by atomic mass is 9.81. The van der Waals surface area contributed by atoms with Crippen molar-refractivity contribution in [3.05, 3.63) is 17.5 Å². The minimum atomic E-state index is -0.789. The Hall–Kier alpha value is -1.43. The summed E-state index contributed by atoms with van der Waals surface area (Å²) in [6, 6.07) is 0. The zero-order valence-electron chi connectivity index (χ0n) is 15.3. The van der Waals surface area contributed by atoms with Crippen molar-refractivity contribution in [1.29, 1.82) is 0 Å². The fourth-order valence-corrected chi connectivity index (χ4v) is 4.19. The zero-order valence-corrected chi connectivity index (χ0v) is 15.3. The summed E-state index contributed by atoms with van der Waals surface area (Å²) in [4.78, 5) is 14.7. The normalized spacial score (nSPS) is 30.8. The Balaban J connectivity index is 1.30. The van der Waals surface area contributed by atoms with Gasteiger partial charge >= 0.3 is 0 Å². The van der Waals surface area contributed by atoms with E-state index in [1.165, 1.54) is 25.7 Å². The number of halogens is 1. The molecule has 0 radical (unpaired) electrons. The summed E-state index contributed by atoms with van der Waals surface area (Å²) in [5, 5.41) is 4.85. The molecule has 0 saturated heterocycles. The molecule has 5 nitrogen and oxygen atoms in total. The first kappa shape index (κ1) is 16.7. The second-order valence-corrected chi connectivity index (χ2v) is 8.87. The predicted molar refractivity (Wildman–Crippen MR) is 94.3 cm³/mol. The molecular formula is C20H28FN3O2. The average molecular weight is 361 g/mol. The van der Waals surface area contributed by atoms with Crippen LogP contribution in [-0.2, 0) is 22.6 Å². The first-order valence-electron chi connectivity index (χ1n) is 10.2. The van der Waals surface area contributed by atoms with E-state index in [0.29, 0.717) is 32.5 Å². The van der Waals surface area contributed by atoms with Crippen LogP contribution in [0.1, 0.15) is 55.7 Å². The highest BCUT2D eigenvalue weighted by atomic mass is 19.1. The minimum Gasteiger partial charge on any atom is -0.380 e. The summed E-state index contributed by atoms with van der Waals surface area (Å²) in [5.41, 5.74) is 2.27. The van der Waals surface area contributed by atoms with Gasteiger partial charge in [0.15, 0.2) is 0 Å². The molecule has 1 atom stereocenters. The monoisotopic (exact) mass is 361 g/mol. The first-order chi connectivity index (χ1) is 12.7. The Kier molecular flexibility index (Phi) is 4.26. The van der Waals surface area contributed by atoms with Gasteiger partial charge in [-0.25, -0.2) is 4.39 Å². The van der Waals surface area contributed by atoms with E-state index in [1.807, 2.05) is 4.90 Å². The van der Waals surface area contributed by atoms with Crippen molar-refractivity contribution in [1.82, 2.24) is 14.7 Å². The Morgan fingerprint density at radius 2 is 1.96 bits per heavy atom. The van der Waals surface area contributed by atoms with Crippen molar-refractivity contribution in [3.63, 3.8) is 0 Å². The van der Waals surface area contributed by atoms with Gasteiger partial charge in [0, 0.05) is 49.8 Å². The lowest BCUT2D eigenvalue weighted by molar-refractivity contribution is -0.142. The number of fused-ring (bicyclic) bond motifs is 1. The van der Waals surface area contributed by atoms with Gasteiger partial charge in [0.25, 0.3) is 0 Å². The zero-order chi connectivity index (χ0) is 17.7. The van der Waals surface area contributed by atoms with Crippen LogP contribution in [0.5, 0.6) is 0 Å². The molecule has 1 aromatic heterocycles. The summed E-state index contributed by atoms with van der Waals surface area (Å²) in [5.74, 6) is 1.64. The Morgan fingerprint density at radius 1 is 1.19 bits per heavy atom. The topological polar surface area (TPSA) is 47.4 Å². The number of carbonyl (C=O) groups excluding carboxylic acids is 1. The molecule has 2 heterocycles. The molecule has 6 heteroatoms. The summed E-state index contributed by atoms with van der Waals surface area (Å²) < 4.78 is 21.2. The standard InChI is InChI=1S/C20H28FN3O2/c21-18-5-15(6-18)20(25)23-8-16-10-24(7-13-1-2-13)22-19(16)17(9-23)12-26-11-14-3-4-14/h10,13-15,17-18H,1-9,11-12H2. The van der Waals surface area contributed by atoms with Gasteiger partial charge in [-0.3, -0.25) is 9.48 Å². The molecule has 0 aromatic carbocycles. The van der Waals surface area contributed by atoms with E-state index in [1.54, 1.807) is 0 Å². The molecule has 3 aliphatic carbocycles. The molecular weight excluding hydrogens is 333 g/mol. The number of hydrogen-bond donors (Lipinski definition) is 0. The van der Waals surface area contributed by atoms with E-state index in [0.717, 1.165) is 36.2 Å². The van der Waals surface area contributed by atoms with Crippen molar-refractivity contribution in [2.75, 3.05) is 19.8 Å². The lowest BCUT2D eigenvalue weighted by Crippen LogP contribution is -2.46. The maximum atomic E-state index is 13.2. The molecule has 4 aliphatic rings. The number of aromatic nitrogens is 2. The molecule has 3 fully saturated rings. The highest BCUT2D eigenvalue weighted by Crippen LogP contribution is 2.36. The van der Waals surface area contributed by atoms with Gasteiger partial charge in [-0.1, -0.05) is 0 Å². The third-order valence-electron chi connectivity index (χ3n) is 6.31. The van der Waals surface area contributed by atoms with Gasteiger partial charge in [0.05, 0.1) is 12.3 Å².